The number of aryl methyl sites for hydroxylation is 3. The zero-order valence-corrected chi connectivity index (χ0v) is 19.6. The van der Waals surface area contributed by atoms with Gasteiger partial charge in [0.1, 0.15) is 0 Å². The number of carbonyl (C=O) groups is 1. The summed E-state index contributed by atoms with van der Waals surface area (Å²) in [4.78, 5) is 16.0. The SMILES string of the molecule is Cc1cc(C)c(CN2C[C@@H]3C(NC(=O)C(O)(c4ccccc4)C4CCCC4)[C@@H]3C2)c(C)c1. The summed E-state index contributed by atoms with van der Waals surface area (Å²) in [6.07, 6.45) is 4.02. The molecule has 1 saturated heterocycles. The first-order valence-corrected chi connectivity index (χ1v) is 12.3. The number of nitrogens with one attached hydrogen (secondary N) is 1. The molecule has 1 heterocycles. The fourth-order valence-corrected chi connectivity index (χ4v) is 6.49. The smallest absolute Gasteiger partial charge is 0.257 e. The topological polar surface area (TPSA) is 52.6 Å². The van der Waals surface area contributed by atoms with E-state index in [2.05, 4.69) is 43.1 Å². The second-order valence-corrected chi connectivity index (χ2v) is 10.5. The third-order valence-electron chi connectivity index (χ3n) is 8.30. The van der Waals surface area contributed by atoms with Crippen molar-refractivity contribution in [1.29, 1.82) is 0 Å². The van der Waals surface area contributed by atoms with Crippen molar-refractivity contribution in [2.75, 3.05) is 13.1 Å². The van der Waals surface area contributed by atoms with E-state index in [0.29, 0.717) is 11.8 Å². The number of piperidine rings is 1. The quantitative estimate of drug-likeness (QED) is 0.718. The van der Waals surface area contributed by atoms with Gasteiger partial charge in [0.2, 0.25) is 0 Å². The predicted octanol–water partition coefficient (Wildman–Crippen LogP) is 4.24. The molecule has 2 aromatic carbocycles. The van der Waals surface area contributed by atoms with E-state index >= 15 is 0 Å². The first-order valence-electron chi connectivity index (χ1n) is 12.3. The van der Waals surface area contributed by atoms with Crippen LogP contribution in [-0.2, 0) is 16.9 Å². The van der Waals surface area contributed by atoms with Crippen LogP contribution in [0.5, 0.6) is 0 Å². The molecule has 0 bridgehead atoms. The third kappa shape index (κ3) is 3.78. The van der Waals surface area contributed by atoms with E-state index < -0.39 is 5.60 Å². The fourth-order valence-electron chi connectivity index (χ4n) is 6.49. The largest absolute Gasteiger partial charge is 0.375 e. The van der Waals surface area contributed by atoms with Crippen LogP contribution in [-0.4, -0.2) is 35.0 Å². The molecular weight excluding hydrogens is 396 g/mol. The lowest BCUT2D eigenvalue weighted by molar-refractivity contribution is -0.147. The highest BCUT2D eigenvalue weighted by Gasteiger charge is 2.58. The first kappa shape index (κ1) is 21.7. The number of benzene rings is 2. The molecule has 32 heavy (non-hydrogen) atoms. The number of rotatable bonds is 6. The van der Waals surface area contributed by atoms with Gasteiger partial charge in [0.05, 0.1) is 0 Å². The number of amides is 1. The molecule has 1 aliphatic heterocycles. The Hall–Kier alpha value is -2.17. The van der Waals surface area contributed by atoms with Crippen LogP contribution < -0.4 is 5.32 Å². The summed E-state index contributed by atoms with van der Waals surface area (Å²) in [5, 5.41) is 15.0. The number of carbonyl (C=O) groups excluding carboxylic acids is 1. The molecule has 2 unspecified atom stereocenters. The van der Waals surface area contributed by atoms with Gasteiger partial charge in [-0.05, 0) is 67.7 Å². The summed E-state index contributed by atoms with van der Waals surface area (Å²) in [6, 6.07) is 14.3. The van der Waals surface area contributed by atoms with Gasteiger partial charge in [-0.25, -0.2) is 0 Å². The van der Waals surface area contributed by atoms with Crippen molar-refractivity contribution in [3.05, 3.63) is 70.3 Å². The van der Waals surface area contributed by atoms with Crippen LogP contribution in [0.2, 0.25) is 0 Å². The van der Waals surface area contributed by atoms with Crippen LogP contribution in [0.1, 0.15) is 53.5 Å². The molecule has 4 atom stereocenters. The van der Waals surface area contributed by atoms with Crippen molar-refractivity contribution in [2.24, 2.45) is 17.8 Å². The molecule has 2 N–H and O–H groups in total. The summed E-state index contributed by atoms with van der Waals surface area (Å²) in [7, 11) is 0. The predicted molar refractivity (Wildman–Crippen MR) is 127 cm³/mol. The van der Waals surface area contributed by atoms with Crippen molar-refractivity contribution in [2.45, 2.75) is 64.6 Å². The Labute approximate surface area is 192 Å². The van der Waals surface area contributed by atoms with Crippen LogP contribution in [0.4, 0.5) is 0 Å². The third-order valence-corrected chi connectivity index (χ3v) is 8.30. The molecule has 170 valence electrons. The van der Waals surface area contributed by atoms with E-state index in [4.69, 9.17) is 0 Å². The Kier molecular flexibility index (Phi) is 5.63. The highest BCUT2D eigenvalue weighted by atomic mass is 16.3. The van der Waals surface area contributed by atoms with Gasteiger partial charge in [0, 0.05) is 31.6 Å². The summed E-state index contributed by atoms with van der Waals surface area (Å²) in [5.41, 5.74) is 4.84. The minimum absolute atomic E-state index is 0.00692. The second-order valence-electron chi connectivity index (χ2n) is 10.5. The standard InChI is InChI=1S/C28H36N2O2/c1-18-13-19(2)23(20(3)14-18)15-30-16-24-25(17-30)26(24)29-27(31)28(32,22-11-7-8-12-22)21-9-5-4-6-10-21/h4-6,9-10,13-14,22,24-26,32H,7-8,11-12,15-17H2,1-3H3,(H,29,31)/t24-,25+,26?,28?. The minimum atomic E-state index is -1.41. The Balaban J connectivity index is 1.24. The van der Waals surface area contributed by atoms with Crippen molar-refractivity contribution in [3.63, 3.8) is 0 Å². The number of hydrogen-bond donors (Lipinski definition) is 2. The summed E-state index contributed by atoms with van der Waals surface area (Å²) in [6.45, 7) is 9.61. The molecule has 1 amide bonds. The lowest BCUT2D eigenvalue weighted by Gasteiger charge is -2.33. The van der Waals surface area contributed by atoms with E-state index in [0.717, 1.165) is 50.9 Å². The van der Waals surface area contributed by atoms with Crippen LogP contribution in [0.25, 0.3) is 0 Å². The normalized spacial score (nSPS) is 27.2. The van der Waals surface area contributed by atoms with E-state index in [-0.39, 0.29) is 17.9 Å². The monoisotopic (exact) mass is 432 g/mol. The lowest BCUT2D eigenvalue weighted by Crippen LogP contribution is -2.50. The number of hydrogen-bond acceptors (Lipinski definition) is 3. The van der Waals surface area contributed by atoms with Gasteiger partial charge in [-0.1, -0.05) is 60.9 Å². The molecule has 0 radical (unpaired) electrons. The number of fused-ring (bicyclic) bond motifs is 1. The van der Waals surface area contributed by atoms with Crippen LogP contribution in [0.3, 0.4) is 0 Å². The molecule has 3 aliphatic rings. The Morgan fingerprint density at radius 1 is 1.03 bits per heavy atom. The lowest BCUT2D eigenvalue weighted by atomic mass is 9.79. The van der Waals surface area contributed by atoms with Gasteiger partial charge in [-0.3, -0.25) is 9.69 Å². The summed E-state index contributed by atoms with van der Waals surface area (Å²) < 4.78 is 0. The molecule has 4 heteroatoms. The van der Waals surface area contributed by atoms with Crippen LogP contribution in [0, 0.1) is 38.5 Å². The average Bonchev–Trinajstić information content (AvgIpc) is 3.18. The van der Waals surface area contributed by atoms with E-state index in [1.807, 2.05) is 30.3 Å². The zero-order chi connectivity index (χ0) is 22.5. The van der Waals surface area contributed by atoms with E-state index in [1.165, 1.54) is 22.3 Å². The molecule has 0 spiro atoms. The van der Waals surface area contributed by atoms with Gasteiger partial charge < -0.3 is 10.4 Å². The molecule has 3 fully saturated rings. The van der Waals surface area contributed by atoms with Crippen molar-refractivity contribution >= 4 is 5.91 Å². The van der Waals surface area contributed by atoms with Gasteiger partial charge in [0.25, 0.3) is 5.91 Å². The van der Waals surface area contributed by atoms with Crippen molar-refractivity contribution < 1.29 is 9.90 Å². The molecule has 0 aromatic heterocycles. The molecule has 2 aliphatic carbocycles. The Bertz CT molecular complexity index is 963. The summed E-state index contributed by atoms with van der Waals surface area (Å²) >= 11 is 0. The van der Waals surface area contributed by atoms with Crippen molar-refractivity contribution in [1.82, 2.24) is 10.2 Å². The maximum atomic E-state index is 13.5. The van der Waals surface area contributed by atoms with Crippen LogP contribution in [0.15, 0.2) is 42.5 Å². The fraction of sp³-hybridized carbons (Fsp3) is 0.536. The number of aliphatic hydroxyl groups is 1. The van der Waals surface area contributed by atoms with Gasteiger partial charge in [-0.15, -0.1) is 0 Å². The van der Waals surface area contributed by atoms with E-state index in [9.17, 15) is 9.90 Å². The molecule has 5 rings (SSSR count). The Morgan fingerprint density at radius 2 is 1.62 bits per heavy atom. The maximum Gasteiger partial charge on any atom is 0.257 e. The Morgan fingerprint density at radius 3 is 2.22 bits per heavy atom. The molecule has 4 nitrogen and oxygen atoms in total. The zero-order valence-electron chi connectivity index (χ0n) is 19.6. The van der Waals surface area contributed by atoms with Crippen LogP contribution >= 0.6 is 0 Å². The minimum Gasteiger partial charge on any atom is -0.375 e. The molecular formula is C28H36N2O2. The average molecular weight is 433 g/mol. The van der Waals surface area contributed by atoms with Crippen molar-refractivity contribution in [3.8, 4) is 0 Å². The number of nitrogens with zero attached hydrogens (tertiary/aromatic N) is 1. The summed E-state index contributed by atoms with van der Waals surface area (Å²) in [5.74, 6) is 0.835. The molecule has 2 saturated carbocycles. The molecule has 2 aromatic rings. The highest BCUT2D eigenvalue weighted by molar-refractivity contribution is 5.87. The van der Waals surface area contributed by atoms with Gasteiger partial charge >= 0.3 is 0 Å². The second kappa shape index (κ2) is 8.31. The highest BCUT2D eigenvalue weighted by Crippen LogP contribution is 2.47. The van der Waals surface area contributed by atoms with E-state index in [1.54, 1.807) is 0 Å². The maximum absolute atomic E-state index is 13.5. The first-order chi connectivity index (χ1) is 15.4. The number of likely N-dealkylation sites (tertiary alicyclic amines) is 1. The van der Waals surface area contributed by atoms with Gasteiger partial charge in [-0.2, -0.15) is 0 Å². The van der Waals surface area contributed by atoms with Gasteiger partial charge in [0.15, 0.2) is 5.60 Å².